The monoisotopic (exact) mass is 231 g/mol. The van der Waals surface area contributed by atoms with E-state index in [-0.39, 0.29) is 18.6 Å². The van der Waals surface area contributed by atoms with Gasteiger partial charge in [0.1, 0.15) is 12.1 Å². The fourth-order valence-electron chi connectivity index (χ4n) is 1.24. The maximum Gasteiger partial charge on any atom is 0.246 e. The zero-order chi connectivity index (χ0) is 10.7. The molecule has 1 aromatic heterocycles. The molecule has 2 unspecified atom stereocenters. The van der Waals surface area contributed by atoms with E-state index in [1.54, 1.807) is 11.8 Å². The first-order chi connectivity index (χ1) is 7.31. The molecule has 1 aliphatic rings. The molecule has 2 heterocycles. The molecule has 3 N–H and O–H groups in total. The Morgan fingerprint density at radius 1 is 1.67 bits per heavy atom. The SMILES string of the molecule is NC(CO)c1nc(C2CSCCO2)no1. The van der Waals surface area contributed by atoms with Crippen LogP contribution in [0.4, 0.5) is 0 Å². The van der Waals surface area contributed by atoms with Gasteiger partial charge in [0, 0.05) is 11.5 Å². The van der Waals surface area contributed by atoms with Gasteiger partial charge in [-0.1, -0.05) is 5.16 Å². The van der Waals surface area contributed by atoms with Crippen molar-refractivity contribution in [3.63, 3.8) is 0 Å². The van der Waals surface area contributed by atoms with Gasteiger partial charge in [0.15, 0.2) is 0 Å². The molecular formula is C8H13N3O3S. The van der Waals surface area contributed by atoms with Crippen LogP contribution in [0.15, 0.2) is 4.52 Å². The molecule has 1 saturated heterocycles. The molecule has 2 rings (SSSR count). The van der Waals surface area contributed by atoms with Gasteiger partial charge in [-0.3, -0.25) is 0 Å². The van der Waals surface area contributed by atoms with Gasteiger partial charge in [-0.2, -0.15) is 16.7 Å². The second-order valence-electron chi connectivity index (χ2n) is 3.21. The third kappa shape index (κ3) is 2.49. The molecular weight excluding hydrogens is 218 g/mol. The lowest BCUT2D eigenvalue weighted by atomic mass is 10.3. The van der Waals surface area contributed by atoms with Crippen molar-refractivity contribution in [3.8, 4) is 0 Å². The summed E-state index contributed by atoms with van der Waals surface area (Å²) >= 11 is 1.79. The summed E-state index contributed by atoms with van der Waals surface area (Å²) in [4.78, 5) is 4.10. The number of nitrogens with two attached hydrogens (primary N) is 1. The summed E-state index contributed by atoms with van der Waals surface area (Å²) in [7, 11) is 0. The smallest absolute Gasteiger partial charge is 0.246 e. The Labute approximate surface area is 91.2 Å². The van der Waals surface area contributed by atoms with Crippen LogP contribution in [0.2, 0.25) is 0 Å². The fraction of sp³-hybridized carbons (Fsp3) is 0.750. The van der Waals surface area contributed by atoms with Crippen molar-refractivity contribution in [2.24, 2.45) is 5.73 Å². The van der Waals surface area contributed by atoms with Crippen LogP contribution in [-0.4, -0.2) is 40.0 Å². The van der Waals surface area contributed by atoms with E-state index in [9.17, 15) is 0 Å². The van der Waals surface area contributed by atoms with Crippen molar-refractivity contribution in [3.05, 3.63) is 11.7 Å². The normalized spacial score (nSPS) is 24.0. The van der Waals surface area contributed by atoms with Gasteiger partial charge >= 0.3 is 0 Å². The number of aliphatic hydroxyl groups excluding tert-OH is 1. The van der Waals surface area contributed by atoms with E-state index in [4.69, 9.17) is 20.1 Å². The van der Waals surface area contributed by atoms with Crippen LogP contribution in [0.5, 0.6) is 0 Å². The number of rotatable bonds is 3. The van der Waals surface area contributed by atoms with Crippen LogP contribution in [0, 0.1) is 0 Å². The van der Waals surface area contributed by atoms with Crippen LogP contribution >= 0.6 is 11.8 Å². The van der Waals surface area contributed by atoms with Crippen molar-refractivity contribution in [2.75, 3.05) is 24.7 Å². The van der Waals surface area contributed by atoms with Crippen LogP contribution in [0.1, 0.15) is 23.9 Å². The third-order valence-electron chi connectivity index (χ3n) is 2.08. The molecule has 0 spiro atoms. The summed E-state index contributed by atoms with van der Waals surface area (Å²) in [6.07, 6.45) is -0.118. The summed E-state index contributed by atoms with van der Waals surface area (Å²) in [5, 5.41) is 12.6. The summed E-state index contributed by atoms with van der Waals surface area (Å²) in [5.74, 6) is 2.60. The van der Waals surface area contributed by atoms with E-state index in [0.29, 0.717) is 12.4 Å². The highest BCUT2D eigenvalue weighted by Crippen LogP contribution is 2.24. The van der Waals surface area contributed by atoms with Crippen molar-refractivity contribution in [1.29, 1.82) is 0 Å². The molecule has 2 atom stereocenters. The predicted octanol–water partition coefficient (Wildman–Crippen LogP) is -0.134. The number of nitrogens with zero attached hydrogens (tertiary/aromatic N) is 2. The lowest BCUT2D eigenvalue weighted by molar-refractivity contribution is 0.0677. The maximum absolute atomic E-state index is 8.82. The first-order valence-corrected chi connectivity index (χ1v) is 5.86. The topological polar surface area (TPSA) is 94.4 Å². The first-order valence-electron chi connectivity index (χ1n) is 4.70. The molecule has 0 amide bonds. The van der Waals surface area contributed by atoms with E-state index >= 15 is 0 Å². The van der Waals surface area contributed by atoms with Crippen molar-refractivity contribution >= 4 is 11.8 Å². The average molecular weight is 231 g/mol. The Balaban J connectivity index is 2.05. The number of aromatic nitrogens is 2. The molecule has 84 valence electrons. The van der Waals surface area contributed by atoms with Crippen LogP contribution in [0.25, 0.3) is 0 Å². The molecule has 15 heavy (non-hydrogen) atoms. The van der Waals surface area contributed by atoms with E-state index in [1.807, 2.05) is 0 Å². The quantitative estimate of drug-likeness (QED) is 0.748. The van der Waals surface area contributed by atoms with Crippen molar-refractivity contribution < 1.29 is 14.4 Å². The maximum atomic E-state index is 8.82. The summed E-state index contributed by atoms with van der Waals surface area (Å²) in [6, 6.07) is -0.609. The van der Waals surface area contributed by atoms with Crippen LogP contribution in [0.3, 0.4) is 0 Å². The Hall–Kier alpha value is -0.630. The van der Waals surface area contributed by atoms with Gasteiger partial charge in [0.05, 0.1) is 13.2 Å². The second-order valence-corrected chi connectivity index (χ2v) is 4.36. The van der Waals surface area contributed by atoms with Gasteiger partial charge < -0.3 is 20.1 Å². The molecule has 0 saturated carbocycles. The molecule has 0 aliphatic carbocycles. The highest BCUT2D eigenvalue weighted by atomic mass is 32.2. The van der Waals surface area contributed by atoms with Crippen molar-refractivity contribution in [2.45, 2.75) is 12.1 Å². The standard InChI is InChI=1S/C8H13N3O3S/c9-5(3-12)8-10-7(11-14-8)6-4-15-2-1-13-6/h5-6,12H,1-4,9H2. The molecule has 0 bridgehead atoms. The highest BCUT2D eigenvalue weighted by molar-refractivity contribution is 7.99. The summed E-state index contributed by atoms with van der Waals surface area (Å²) < 4.78 is 10.4. The van der Waals surface area contributed by atoms with Gasteiger partial charge in [0.2, 0.25) is 11.7 Å². The molecule has 1 aromatic rings. The molecule has 0 aromatic carbocycles. The van der Waals surface area contributed by atoms with Gasteiger partial charge in [-0.25, -0.2) is 0 Å². The Morgan fingerprint density at radius 3 is 3.20 bits per heavy atom. The van der Waals surface area contributed by atoms with E-state index < -0.39 is 6.04 Å². The number of aliphatic hydroxyl groups is 1. The van der Waals surface area contributed by atoms with Crippen LogP contribution in [-0.2, 0) is 4.74 Å². The average Bonchev–Trinajstić information content (AvgIpc) is 2.78. The minimum Gasteiger partial charge on any atom is -0.394 e. The minimum absolute atomic E-state index is 0.118. The van der Waals surface area contributed by atoms with E-state index in [2.05, 4.69) is 10.1 Å². The first kappa shape index (κ1) is 10.9. The summed E-state index contributed by atoms with van der Waals surface area (Å²) in [5.41, 5.74) is 5.54. The largest absolute Gasteiger partial charge is 0.394 e. The number of thioether (sulfide) groups is 1. The molecule has 0 radical (unpaired) electrons. The second kappa shape index (κ2) is 4.93. The number of ether oxygens (including phenoxy) is 1. The zero-order valence-electron chi connectivity index (χ0n) is 8.13. The Kier molecular flexibility index (Phi) is 3.57. The van der Waals surface area contributed by atoms with E-state index in [0.717, 1.165) is 11.5 Å². The van der Waals surface area contributed by atoms with Gasteiger partial charge in [0.25, 0.3) is 0 Å². The zero-order valence-corrected chi connectivity index (χ0v) is 8.94. The predicted molar refractivity (Wildman–Crippen MR) is 54.3 cm³/mol. The number of hydrogen-bond acceptors (Lipinski definition) is 7. The number of hydrogen-bond donors (Lipinski definition) is 2. The van der Waals surface area contributed by atoms with Gasteiger partial charge in [-0.05, 0) is 0 Å². The molecule has 6 nitrogen and oxygen atoms in total. The molecule has 1 fully saturated rings. The Bertz CT molecular complexity index is 314. The van der Waals surface area contributed by atoms with Gasteiger partial charge in [-0.15, -0.1) is 0 Å². The summed E-state index contributed by atoms with van der Waals surface area (Å²) in [6.45, 7) is 0.493. The molecule has 1 aliphatic heterocycles. The lowest BCUT2D eigenvalue weighted by Crippen LogP contribution is -2.18. The minimum atomic E-state index is -0.609. The third-order valence-corrected chi connectivity index (χ3v) is 3.07. The van der Waals surface area contributed by atoms with Crippen molar-refractivity contribution in [1.82, 2.24) is 10.1 Å². The lowest BCUT2D eigenvalue weighted by Gasteiger charge is -2.18. The van der Waals surface area contributed by atoms with Crippen LogP contribution < -0.4 is 5.73 Å². The Morgan fingerprint density at radius 2 is 2.53 bits per heavy atom. The molecule has 7 heteroatoms. The highest BCUT2D eigenvalue weighted by Gasteiger charge is 2.23. The fourth-order valence-corrected chi connectivity index (χ4v) is 2.08. The van der Waals surface area contributed by atoms with E-state index in [1.165, 1.54) is 0 Å².